The van der Waals surface area contributed by atoms with Crippen LogP contribution < -0.4 is 10.6 Å². The van der Waals surface area contributed by atoms with Crippen molar-refractivity contribution in [2.75, 3.05) is 18.4 Å². The first-order chi connectivity index (χ1) is 13.1. The Labute approximate surface area is 158 Å². The minimum atomic E-state index is -0.120. The third kappa shape index (κ3) is 4.39. The molecule has 0 atom stereocenters. The lowest BCUT2D eigenvalue weighted by molar-refractivity contribution is 0.0953. The Bertz CT molecular complexity index is 1010. The van der Waals surface area contributed by atoms with E-state index in [2.05, 4.69) is 32.7 Å². The Morgan fingerprint density at radius 1 is 1.15 bits per heavy atom. The number of nitrogens with one attached hydrogen (secondary N) is 2. The number of rotatable bonds is 6. The summed E-state index contributed by atoms with van der Waals surface area (Å²) in [5.74, 6) is 0.459. The van der Waals surface area contributed by atoms with Gasteiger partial charge in [-0.3, -0.25) is 9.78 Å². The summed E-state index contributed by atoms with van der Waals surface area (Å²) >= 11 is 0. The van der Waals surface area contributed by atoms with Crippen molar-refractivity contribution in [2.24, 2.45) is 0 Å². The molecule has 0 aliphatic rings. The number of anilines is 1. The number of carbonyl (C=O) groups is 1. The lowest BCUT2D eigenvalue weighted by Crippen LogP contribution is -2.25. The zero-order valence-corrected chi connectivity index (χ0v) is 15.4. The fraction of sp³-hybridized carbons (Fsp3) is 0.238. The maximum atomic E-state index is 12.0. The van der Waals surface area contributed by atoms with Crippen LogP contribution in [-0.4, -0.2) is 29.0 Å². The molecule has 0 aliphatic heterocycles. The van der Waals surface area contributed by atoms with E-state index in [1.165, 1.54) is 0 Å². The van der Waals surface area contributed by atoms with Gasteiger partial charge < -0.3 is 10.6 Å². The second kappa shape index (κ2) is 8.28. The van der Waals surface area contributed by atoms with Crippen molar-refractivity contribution in [1.82, 2.24) is 15.3 Å². The van der Waals surface area contributed by atoms with Crippen LogP contribution in [0.2, 0.25) is 0 Å². The molecule has 1 amide bonds. The molecule has 0 aliphatic carbocycles. The SMILES string of the molecule is Cc1cc(C)c2cc(C#N)c(NCCCNC(=O)c3ccncc3)nc2c1. The van der Waals surface area contributed by atoms with Crippen molar-refractivity contribution < 1.29 is 4.79 Å². The number of hydrogen-bond acceptors (Lipinski definition) is 5. The van der Waals surface area contributed by atoms with Gasteiger partial charge in [-0.25, -0.2) is 4.98 Å². The summed E-state index contributed by atoms with van der Waals surface area (Å²) in [6.07, 6.45) is 3.90. The highest BCUT2D eigenvalue weighted by molar-refractivity contribution is 5.93. The van der Waals surface area contributed by atoms with Gasteiger partial charge in [-0.05, 0) is 55.7 Å². The average Bonchev–Trinajstić information content (AvgIpc) is 2.67. The number of benzene rings is 1. The second-order valence-corrected chi connectivity index (χ2v) is 6.42. The molecule has 0 saturated carbocycles. The summed E-state index contributed by atoms with van der Waals surface area (Å²) in [7, 11) is 0. The minimum absolute atomic E-state index is 0.120. The molecule has 0 radical (unpaired) electrons. The van der Waals surface area contributed by atoms with Gasteiger partial charge in [0.05, 0.1) is 11.1 Å². The van der Waals surface area contributed by atoms with Gasteiger partial charge in [0.1, 0.15) is 11.9 Å². The van der Waals surface area contributed by atoms with Crippen LogP contribution in [0.15, 0.2) is 42.7 Å². The summed E-state index contributed by atoms with van der Waals surface area (Å²) < 4.78 is 0. The molecule has 1 aromatic carbocycles. The smallest absolute Gasteiger partial charge is 0.251 e. The van der Waals surface area contributed by atoms with E-state index in [-0.39, 0.29) is 5.91 Å². The van der Waals surface area contributed by atoms with Crippen LogP contribution in [0.5, 0.6) is 0 Å². The third-order valence-electron chi connectivity index (χ3n) is 4.28. The molecule has 0 fully saturated rings. The molecule has 0 unspecified atom stereocenters. The predicted molar refractivity (Wildman–Crippen MR) is 106 cm³/mol. The van der Waals surface area contributed by atoms with Crippen molar-refractivity contribution in [2.45, 2.75) is 20.3 Å². The fourth-order valence-corrected chi connectivity index (χ4v) is 2.95. The van der Waals surface area contributed by atoms with Gasteiger partial charge in [-0.2, -0.15) is 5.26 Å². The van der Waals surface area contributed by atoms with Gasteiger partial charge in [0.25, 0.3) is 5.91 Å². The van der Waals surface area contributed by atoms with Crippen molar-refractivity contribution in [3.63, 3.8) is 0 Å². The summed E-state index contributed by atoms with van der Waals surface area (Å²) in [5, 5.41) is 16.5. The van der Waals surface area contributed by atoms with Crippen molar-refractivity contribution in [3.05, 3.63) is 65.0 Å². The van der Waals surface area contributed by atoms with Crippen LogP contribution in [-0.2, 0) is 0 Å². The van der Waals surface area contributed by atoms with E-state index >= 15 is 0 Å². The highest BCUT2D eigenvalue weighted by Gasteiger charge is 2.09. The van der Waals surface area contributed by atoms with Gasteiger partial charge in [-0.15, -0.1) is 0 Å². The highest BCUT2D eigenvalue weighted by Crippen LogP contribution is 2.24. The van der Waals surface area contributed by atoms with Gasteiger partial charge in [-0.1, -0.05) is 6.07 Å². The van der Waals surface area contributed by atoms with Crippen LogP contribution >= 0.6 is 0 Å². The van der Waals surface area contributed by atoms with Crippen molar-refractivity contribution in [1.29, 1.82) is 5.26 Å². The Balaban J connectivity index is 1.60. The van der Waals surface area contributed by atoms with Crippen molar-refractivity contribution in [3.8, 4) is 6.07 Å². The Morgan fingerprint density at radius 2 is 1.93 bits per heavy atom. The number of nitrogens with zero attached hydrogens (tertiary/aromatic N) is 3. The molecule has 0 spiro atoms. The monoisotopic (exact) mass is 359 g/mol. The normalized spacial score (nSPS) is 10.4. The van der Waals surface area contributed by atoms with E-state index < -0.39 is 0 Å². The summed E-state index contributed by atoms with van der Waals surface area (Å²) in [6.45, 7) is 5.19. The van der Waals surface area contributed by atoms with Crippen molar-refractivity contribution >= 4 is 22.6 Å². The maximum absolute atomic E-state index is 12.0. The van der Waals surface area contributed by atoms with Gasteiger partial charge in [0, 0.05) is 36.4 Å². The standard InChI is InChI=1S/C21H21N5O/c1-14-10-15(2)18-12-17(13-22)20(26-19(18)11-14)24-6-3-7-25-21(27)16-4-8-23-9-5-16/h4-5,8-12H,3,6-7H2,1-2H3,(H,24,26)(H,25,27). The van der Waals surface area contributed by atoms with Gasteiger partial charge in [0.15, 0.2) is 0 Å². The average molecular weight is 359 g/mol. The Kier molecular flexibility index (Phi) is 5.62. The molecule has 0 saturated heterocycles. The molecule has 6 nitrogen and oxygen atoms in total. The van der Waals surface area contributed by atoms with Gasteiger partial charge >= 0.3 is 0 Å². The predicted octanol–water partition coefficient (Wildman–Crippen LogP) is 3.35. The number of fused-ring (bicyclic) bond motifs is 1. The van der Waals surface area contributed by atoms with Gasteiger partial charge in [0.2, 0.25) is 0 Å². The number of pyridine rings is 2. The van der Waals surface area contributed by atoms with Crippen LogP contribution in [0.25, 0.3) is 10.9 Å². The molecule has 3 rings (SSSR count). The lowest BCUT2D eigenvalue weighted by atomic mass is 10.0. The Morgan fingerprint density at radius 3 is 2.67 bits per heavy atom. The summed E-state index contributed by atoms with van der Waals surface area (Å²) in [5.41, 5.74) is 4.24. The topological polar surface area (TPSA) is 90.7 Å². The number of hydrogen-bond donors (Lipinski definition) is 2. The fourth-order valence-electron chi connectivity index (χ4n) is 2.95. The second-order valence-electron chi connectivity index (χ2n) is 6.42. The molecule has 27 heavy (non-hydrogen) atoms. The van der Waals surface area contributed by atoms with Crippen LogP contribution in [0, 0.1) is 25.2 Å². The van der Waals surface area contributed by atoms with E-state index in [0.717, 1.165) is 22.0 Å². The summed E-state index contributed by atoms with van der Waals surface area (Å²) in [6, 6.07) is 11.5. The molecular weight excluding hydrogens is 338 g/mol. The van der Waals surface area contributed by atoms with E-state index in [0.29, 0.717) is 36.5 Å². The molecular formula is C21H21N5O. The number of aryl methyl sites for hydroxylation is 2. The largest absolute Gasteiger partial charge is 0.369 e. The van der Waals surface area contributed by atoms with E-state index in [4.69, 9.17) is 0 Å². The number of aromatic nitrogens is 2. The molecule has 6 heteroatoms. The molecule has 2 heterocycles. The van der Waals surface area contributed by atoms with E-state index in [1.54, 1.807) is 24.5 Å². The zero-order valence-electron chi connectivity index (χ0n) is 15.4. The molecule has 136 valence electrons. The zero-order chi connectivity index (χ0) is 19.2. The minimum Gasteiger partial charge on any atom is -0.369 e. The van der Waals surface area contributed by atoms with Crippen LogP contribution in [0.4, 0.5) is 5.82 Å². The highest BCUT2D eigenvalue weighted by atomic mass is 16.1. The summed E-state index contributed by atoms with van der Waals surface area (Å²) in [4.78, 5) is 20.5. The first-order valence-electron chi connectivity index (χ1n) is 8.82. The molecule has 2 N–H and O–H groups in total. The third-order valence-corrected chi connectivity index (χ3v) is 4.28. The van der Waals surface area contributed by atoms with Crippen LogP contribution in [0.1, 0.15) is 33.5 Å². The number of carbonyl (C=O) groups excluding carboxylic acids is 1. The Hall–Kier alpha value is -3.46. The van der Waals surface area contributed by atoms with Crippen LogP contribution in [0.3, 0.4) is 0 Å². The molecule has 2 aromatic heterocycles. The van der Waals surface area contributed by atoms with E-state index in [9.17, 15) is 10.1 Å². The number of nitriles is 1. The molecule has 3 aromatic rings. The maximum Gasteiger partial charge on any atom is 0.251 e. The number of amides is 1. The molecule has 0 bridgehead atoms. The van der Waals surface area contributed by atoms with E-state index in [1.807, 2.05) is 26.0 Å². The quantitative estimate of drug-likeness (QED) is 0.659. The first kappa shape index (κ1) is 18.3. The lowest BCUT2D eigenvalue weighted by Gasteiger charge is -2.11. The first-order valence-corrected chi connectivity index (χ1v) is 8.82.